The van der Waals surface area contributed by atoms with Gasteiger partial charge in [-0.3, -0.25) is 0 Å². The van der Waals surface area contributed by atoms with Crippen molar-refractivity contribution in [1.29, 1.82) is 0 Å². The summed E-state index contributed by atoms with van der Waals surface area (Å²) in [6, 6.07) is 1.34. The van der Waals surface area contributed by atoms with Crippen molar-refractivity contribution in [3.63, 3.8) is 0 Å². The minimum atomic E-state index is 0.670. The van der Waals surface area contributed by atoms with Crippen LogP contribution in [0.1, 0.15) is 47.0 Å². The molecule has 0 aliphatic rings. The summed E-state index contributed by atoms with van der Waals surface area (Å²) in [7, 11) is 0. The summed E-state index contributed by atoms with van der Waals surface area (Å²) >= 11 is 0. The molecule has 80 valence electrons. The molecule has 0 aliphatic carbocycles. The molecule has 0 aliphatic heterocycles. The van der Waals surface area contributed by atoms with Gasteiger partial charge in [-0.05, 0) is 46.2 Å². The average Bonchev–Trinajstić information content (AvgIpc) is 2.16. The van der Waals surface area contributed by atoms with E-state index in [1.54, 1.807) is 0 Å². The van der Waals surface area contributed by atoms with E-state index < -0.39 is 0 Å². The third-order valence-corrected chi connectivity index (χ3v) is 2.56. The molecule has 2 nitrogen and oxygen atoms in total. The summed E-state index contributed by atoms with van der Waals surface area (Å²) in [5.74, 6) is 0. The summed E-state index contributed by atoms with van der Waals surface area (Å²) in [6.07, 6.45) is 3.67. The molecule has 0 saturated carbocycles. The number of nitrogens with one attached hydrogen (secondary N) is 2. The highest BCUT2D eigenvalue weighted by molar-refractivity contribution is 4.61. The third kappa shape index (κ3) is 8.26. The summed E-state index contributed by atoms with van der Waals surface area (Å²) in [6.45, 7) is 11.2. The van der Waals surface area contributed by atoms with Crippen LogP contribution in [0.15, 0.2) is 0 Å². The Labute approximate surface area is 83.5 Å². The predicted molar refractivity (Wildman–Crippen MR) is 60.1 cm³/mol. The zero-order valence-corrected chi connectivity index (χ0v) is 9.69. The molecule has 13 heavy (non-hydrogen) atoms. The standard InChI is InChI=1S/C11H26N2/c1-5-10(3)12-8-7-9-13-11(4)6-2/h10-13H,5-9H2,1-4H3. The first kappa shape index (κ1) is 12.9. The Morgan fingerprint density at radius 2 is 1.23 bits per heavy atom. The first-order valence-electron chi connectivity index (χ1n) is 5.67. The van der Waals surface area contributed by atoms with Gasteiger partial charge in [-0.15, -0.1) is 0 Å². The number of hydrogen-bond donors (Lipinski definition) is 2. The van der Waals surface area contributed by atoms with Crippen molar-refractivity contribution >= 4 is 0 Å². The van der Waals surface area contributed by atoms with Gasteiger partial charge < -0.3 is 10.6 Å². The second-order valence-electron chi connectivity index (χ2n) is 3.88. The molecule has 2 atom stereocenters. The lowest BCUT2D eigenvalue weighted by molar-refractivity contribution is 0.483. The second kappa shape index (κ2) is 8.52. The Balaban J connectivity index is 3.08. The molecule has 0 aromatic rings. The predicted octanol–water partition coefficient (Wildman–Crippen LogP) is 2.15. The minimum absolute atomic E-state index is 0.670. The van der Waals surface area contributed by atoms with Gasteiger partial charge in [-0.25, -0.2) is 0 Å². The molecule has 0 radical (unpaired) electrons. The Morgan fingerprint density at radius 3 is 1.54 bits per heavy atom. The van der Waals surface area contributed by atoms with Gasteiger partial charge >= 0.3 is 0 Å². The molecule has 0 aromatic carbocycles. The molecule has 0 aromatic heterocycles. The van der Waals surface area contributed by atoms with E-state index in [1.807, 2.05) is 0 Å². The highest BCUT2D eigenvalue weighted by Crippen LogP contribution is 1.89. The van der Waals surface area contributed by atoms with Crippen LogP contribution in [-0.4, -0.2) is 25.2 Å². The SMILES string of the molecule is CCC(C)NCCCNC(C)CC. The smallest absolute Gasteiger partial charge is 0.00361 e. The molecule has 2 unspecified atom stereocenters. The van der Waals surface area contributed by atoms with Crippen LogP contribution in [0.5, 0.6) is 0 Å². The van der Waals surface area contributed by atoms with Crippen molar-refractivity contribution in [1.82, 2.24) is 10.6 Å². The summed E-state index contributed by atoms with van der Waals surface area (Å²) < 4.78 is 0. The van der Waals surface area contributed by atoms with Crippen molar-refractivity contribution in [2.45, 2.75) is 59.0 Å². The molecule has 0 bridgehead atoms. The first-order valence-corrected chi connectivity index (χ1v) is 5.67. The lowest BCUT2D eigenvalue weighted by Gasteiger charge is -2.13. The van der Waals surface area contributed by atoms with E-state index in [-0.39, 0.29) is 0 Å². The Hall–Kier alpha value is -0.0800. The van der Waals surface area contributed by atoms with E-state index in [1.165, 1.54) is 19.3 Å². The molecule has 0 spiro atoms. The summed E-state index contributed by atoms with van der Waals surface area (Å²) in [5.41, 5.74) is 0. The van der Waals surface area contributed by atoms with E-state index in [4.69, 9.17) is 0 Å². The molecule has 0 amide bonds. The van der Waals surface area contributed by atoms with Crippen LogP contribution >= 0.6 is 0 Å². The van der Waals surface area contributed by atoms with Crippen LogP contribution in [0.4, 0.5) is 0 Å². The maximum atomic E-state index is 3.48. The van der Waals surface area contributed by atoms with Crippen LogP contribution in [-0.2, 0) is 0 Å². The maximum absolute atomic E-state index is 3.48. The zero-order valence-electron chi connectivity index (χ0n) is 9.69. The van der Waals surface area contributed by atoms with Gasteiger partial charge in [0.25, 0.3) is 0 Å². The molecular formula is C11H26N2. The van der Waals surface area contributed by atoms with Crippen LogP contribution in [0.3, 0.4) is 0 Å². The number of rotatable bonds is 8. The monoisotopic (exact) mass is 186 g/mol. The lowest BCUT2D eigenvalue weighted by Crippen LogP contribution is -2.31. The van der Waals surface area contributed by atoms with E-state index in [0.717, 1.165) is 13.1 Å². The van der Waals surface area contributed by atoms with Crippen LogP contribution < -0.4 is 10.6 Å². The number of hydrogen-bond acceptors (Lipinski definition) is 2. The third-order valence-electron chi connectivity index (χ3n) is 2.56. The quantitative estimate of drug-likeness (QED) is 0.568. The highest BCUT2D eigenvalue weighted by atomic mass is 14.9. The van der Waals surface area contributed by atoms with Crippen LogP contribution in [0.25, 0.3) is 0 Å². The minimum Gasteiger partial charge on any atom is -0.314 e. The molecule has 2 heteroatoms. The fourth-order valence-electron chi connectivity index (χ4n) is 1.07. The summed E-state index contributed by atoms with van der Waals surface area (Å²) in [5, 5.41) is 6.97. The van der Waals surface area contributed by atoms with Gasteiger partial charge in [-0.1, -0.05) is 13.8 Å². The second-order valence-corrected chi connectivity index (χ2v) is 3.88. The summed E-state index contributed by atoms with van der Waals surface area (Å²) in [4.78, 5) is 0. The lowest BCUT2D eigenvalue weighted by atomic mass is 10.2. The van der Waals surface area contributed by atoms with E-state index >= 15 is 0 Å². The van der Waals surface area contributed by atoms with Gasteiger partial charge in [0.1, 0.15) is 0 Å². The molecule has 0 rings (SSSR count). The van der Waals surface area contributed by atoms with Crippen molar-refractivity contribution in [2.24, 2.45) is 0 Å². The zero-order chi connectivity index (χ0) is 10.1. The average molecular weight is 186 g/mol. The van der Waals surface area contributed by atoms with Crippen molar-refractivity contribution in [3.8, 4) is 0 Å². The van der Waals surface area contributed by atoms with Gasteiger partial charge in [0, 0.05) is 12.1 Å². The van der Waals surface area contributed by atoms with Gasteiger partial charge in [-0.2, -0.15) is 0 Å². The van der Waals surface area contributed by atoms with Crippen molar-refractivity contribution in [3.05, 3.63) is 0 Å². The normalized spacial score (nSPS) is 15.7. The van der Waals surface area contributed by atoms with E-state index in [0.29, 0.717) is 12.1 Å². The molecular weight excluding hydrogens is 160 g/mol. The van der Waals surface area contributed by atoms with E-state index in [9.17, 15) is 0 Å². The van der Waals surface area contributed by atoms with Crippen molar-refractivity contribution < 1.29 is 0 Å². The van der Waals surface area contributed by atoms with Crippen LogP contribution in [0, 0.1) is 0 Å². The fraction of sp³-hybridized carbons (Fsp3) is 1.00. The Bertz CT molecular complexity index is 92.3. The van der Waals surface area contributed by atoms with Crippen LogP contribution in [0.2, 0.25) is 0 Å². The molecule has 0 saturated heterocycles. The fourth-order valence-corrected chi connectivity index (χ4v) is 1.07. The topological polar surface area (TPSA) is 24.1 Å². The first-order chi connectivity index (χ1) is 6.20. The molecule has 0 heterocycles. The maximum Gasteiger partial charge on any atom is 0.00361 e. The molecule has 0 fully saturated rings. The highest BCUT2D eigenvalue weighted by Gasteiger charge is 1.97. The molecule has 2 N–H and O–H groups in total. The van der Waals surface area contributed by atoms with Gasteiger partial charge in [0.2, 0.25) is 0 Å². The van der Waals surface area contributed by atoms with Gasteiger partial charge in [0.05, 0.1) is 0 Å². The largest absolute Gasteiger partial charge is 0.314 e. The van der Waals surface area contributed by atoms with E-state index in [2.05, 4.69) is 38.3 Å². The Kier molecular flexibility index (Phi) is 8.46. The Morgan fingerprint density at radius 1 is 0.846 bits per heavy atom. The van der Waals surface area contributed by atoms with Gasteiger partial charge in [0.15, 0.2) is 0 Å². The van der Waals surface area contributed by atoms with Crippen molar-refractivity contribution in [2.75, 3.05) is 13.1 Å².